The third-order valence-electron chi connectivity index (χ3n) is 4.23. The SMILES string of the molecule is CCC(CNC(=O)c1ccc(OC(F)F)cc1)(C(=O)O)c1ccccc1. The van der Waals surface area contributed by atoms with Crippen molar-refractivity contribution in [2.75, 3.05) is 6.54 Å². The highest BCUT2D eigenvalue weighted by atomic mass is 19.3. The molecule has 2 N–H and O–H groups in total. The predicted molar refractivity (Wildman–Crippen MR) is 91.5 cm³/mol. The monoisotopic (exact) mass is 363 g/mol. The lowest BCUT2D eigenvalue weighted by molar-refractivity contribution is -0.143. The highest BCUT2D eigenvalue weighted by Crippen LogP contribution is 2.28. The van der Waals surface area contributed by atoms with Crippen LogP contribution >= 0.6 is 0 Å². The molecule has 2 aromatic carbocycles. The van der Waals surface area contributed by atoms with Gasteiger partial charge in [0.1, 0.15) is 11.2 Å². The highest BCUT2D eigenvalue weighted by molar-refractivity contribution is 5.95. The number of halogens is 2. The van der Waals surface area contributed by atoms with Crippen LogP contribution in [0.1, 0.15) is 29.3 Å². The third kappa shape index (κ3) is 4.36. The summed E-state index contributed by atoms with van der Waals surface area (Å²) >= 11 is 0. The van der Waals surface area contributed by atoms with Gasteiger partial charge in [0.25, 0.3) is 5.91 Å². The molecule has 2 rings (SSSR count). The molecule has 0 saturated carbocycles. The smallest absolute Gasteiger partial charge is 0.387 e. The number of carboxylic acid groups (broad SMARTS) is 1. The normalized spacial score (nSPS) is 13.1. The second-order valence-corrected chi connectivity index (χ2v) is 5.69. The first kappa shape index (κ1) is 19.4. The zero-order chi connectivity index (χ0) is 19.2. The first-order valence-electron chi connectivity index (χ1n) is 8.01. The molecular weight excluding hydrogens is 344 g/mol. The molecule has 5 nitrogen and oxygen atoms in total. The third-order valence-corrected chi connectivity index (χ3v) is 4.23. The Labute approximate surface area is 149 Å². The summed E-state index contributed by atoms with van der Waals surface area (Å²) < 4.78 is 28.5. The van der Waals surface area contributed by atoms with Crippen molar-refractivity contribution in [2.24, 2.45) is 0 Å². The fourth-order valence-corrected chi connectivity index (χ4v) is 2.66. The van der Waals surface area contributed by atoms with Crippen LogP contribution in [-0.4, -0.2) is 30.1 Å². The number of nitrogens with one attached hydrogen (secondary N) is 1. The molecule has 0 aliphatic carbocycles. The minimum absolute atomic E-state index is 0.0609. The zero-order valence-electron chi connectivity index (χ0n) is 14.1. The average Bonchev–Trinajstić information content (AvgIpc) is 2.63. The van der Waals surface area contributed by atoms with Crippen LogP contribution in [0.3, 0.4) is 0 Å². The van der Waals surface area contributed by atoms with Crippen LogP contribution in [0, 0.1) is 0 Å². The number of amides is 1. The van der Waals surface area contributed by atoms with Crippen molar-refractivity contribution >= 4 is 11.9 Å². The molecule has 0 radical (unpaired) electrons. The van der Waals surface area contributed by atoms with Crippen LogP contribution in [0.15, 0.2) is 54.6 Å². The molecule has 0 heterocycles. The summed E-state index contributed by atoms with van der Waals surface area (Å²) in [5.41, 5.74) is -0.443. The highest BCUT2D eigenvalue weighted by Gasteiger charge is 2.39. The van der Waals surface area contributed by atoms with E-state index in [-0.39, 0.29) is 24.3 Å². The number of alkyl halides is 2. The first-order chi connectivity index (χ1) is 12.4. The second kappa shape index (κ2) is 8.42. The molecule has 1 unspecified atom stereocenters. The second-order valence-electron chi connectivity index (χ2n) is 5.69. The average molecular weight is 363 g/mol. The minimum atomic E-state index is -2.94. The van der Waals surface area contributed by atoms with Gasteiger partial charge in [-0.1, -0.05) is 37.3 Å². The van der Waals surface area contributed by atoms with E-state index in [1.165, 1.54) is 24.3 Å². The molecule has 0 spiro atoms. The molecule has 0 aromatic heterocycles. The van der Waals surface area contributed by atoms with Crippen molar-refractivity contribution in [3.8, 4) is 5.75 Å². The van der Waals surface area contributed by atoms with E-state index in [2.05, 4.69) is 10.1 Å². The Bertz CT molecular complexity index is 750. The predicted octanol–water partition coefficient (Wildman–Crippen LogP) is 3.45. The number of hydrogen-bond donors (Lipinski definition) is 2. The maximum absolute atomic E-state index is 12.3. The lowest BCUT2D eigenvalue weighted by Gasteiger charge is -2.29. The van der Waals surface area contributed by atoms with Gasteiger partial charge in [0.15, 0.2) is 0 Å². The molecular formula is C19H19F2NO4. The van der Waals surface area contributed by atoms with Gasteiger partial charge in [-0.25, -0.2) is 0 Å². The van der Waals surface area contributed by atoms with Crippen LogP contribution in [0.2, 0.25) is 0 Å². The van der Waals surface area contributed by atoms with E-state index in [4.69, 9.17) is 0 Å². The van der Waals surface area contributed by atoms with Crippen LogP contribution in [0.4, 0.5) is 8.78 Å². The molecule has 0 bridgehead atoms. The van der Waals surface area contributed by atoms with E-state index < -0.39 is 23.9 Å². The number of carbonyl (C=O) groups excluding carboxylic acids is 1. The van der Waals surface area contributed by atoms with E-state index in [9.17, 15) is 23.5 Å². The van der Waals surface area contributed by atoms with Crippen molar-refractivity contribution < 1.29 is 28.2 Å². The van der Waals surface area contributed by atoms with Gasteiger partial charge in [-0.05, 0) is 36.2 Å². The van der Waals surface area contributed by atoms with Crippen molar-refractivity contribution in [1.82, 2.24) is 5.32 Å². The van der Waals surface area contributed by atoms with Crippen molar-refractivity contribution in [2.45, 2.75) is 25.4 Å². The Morgan fingerprint density at radius 1 is 1.12 bits per heavy atom. The Kier molecular flexibility index (Phi) is 6.27. The molecule has 0 aliphatic heterocycles. The van der Waals surface area contributed by atoms with E-state index >= 15 is 0 Å². The van der Waals surface area contributed by atoms with Gasteiger partial charge < -0.3 is 15.2 Å². The van der Waals surface area contributed by atoms with Gasteiger partial charge in [0.2, 0.25) is 0 Å². The number of rotatable bonds is 8. The summed E-state index contributed by atoms with van der Waals surface area (Å²) in [6.45, 7) is -1.30. The number of aliphatic carboxylic acids is 1. The summed E-state index contributed by atoms with van der Waals surface area (Å²) in [5, 5.41) is 12.4. The number of hydrogen-bond acceptors (Lipinski definition) is 3. The maximum atomic E-state index is 12.3. The van der Waals surface area contributed by atoms with Crippen molar-refractivity contribution in [3.63, 3.8) is 0 Å². The number of carboxylic acids is 1. The largest absolute Gasteiger partial charge is 0.481 e. The van der Waals surface area contributed by atoms with Gasteiger partial charge in [-0.15, -0.1) is 0 Å². The standard InChI is InChI=1S/C19H19F2NO4/c1-2-19(17(24)25,14-6-4-3-5-7-14)12-22-16(23)13-8-10-15(11-9-13)26-18(20)21/h3-11,18H,2,12H2,1H3,(H,22,23)(H,24,25). The van der Waals surface area contributed by atoms with Gasteiger partial charge in [-0.3, -0.25) is 9.59 Å². The maximum Gasteiger partial charge on any atom is 0.387 e. The lowest BCUT2D eigenvalue weighted by Crippen LogP contribution is -2.46. The summed E-state index contributed by atoms with van der Waals surface area (Å²) in [5.74, 6) is -1.59. The molecule has 1 atom stereocenters. The van der Waals surface area contributed by atoms with Crippen LogP contribution in [0.5, 0.6) is 5.75 Å². The quantitative estimate of drug-likeness (QED) is 0.753. The Hall–Kier alpha value is -2.96. The van der Waals surface area contributed by atoms with Crippen LogP contribution in [0.25, 0.3) is 0 Å². The number of carbonyl (C=O) groups is 2. The summed E-state index contributed by atoms with van der Waals surface area (Å²) in [4.78, 5) is 24.2. The summed E-state index contributed by atoms with van der Waals surface area (Å²) in [6, 6.07) is 13.9. The molecule has 26 heavy (non-hydrogen) atoms. The molecule has 1 amide bonds. The van der Waals surface area contributed by atoms with Crippen molar-refractivity contribution in [1.29, 1.82) is 0 Å². The molecule has 138 valence electrons. The Morgan fingerprint density at radius 3 is 2.23 bits per heavy atom. The molecule has 2 aromatic rings. The van der Waals surface area contributed by atoms with E-state index in [1.54, 1.807) is 37.3 Å². The summed E-state index contributed by atoms with van der Waals surface area (Å²) in [7, 11) is 0. The van der Waals surface area contributed by atoms with Crippen molar-refractivity contribution in [3.05, 3.63) is 65.7 Å². The number of ether oxygens (including phenoxy) is 1. The van der Waals surface area contributed by atoms with E-state index in [1.807, 2.05) is 0 Å². The van der Waals surface area contributed by atoms with Gasteiger partial charge in [0.05, 0.1) is 0 Å². The molecule has 0 fully saturated rings. The first-order valence-corrected chi connectivity index (χ1v) is 8.01. The lowest BCUT2D eigenvalue weighted by atomic mass is 9.78. The fourth-order valence-electron chi connectivity index (χ4n) is 2.66. The Balaban J connectivity index is 2.13. The summed E-state index contributed by atoms with van der Waals surface area (Å²) in [6.07, 6.45) is 0.286. The van der Waals surface area contributed by atoms with E-state index in [0.29, 0.717) is 5.56 Å². The van der Waals surface area contributed by atoms with Gasteiger partial charge in [-0.2, -0.15) is 8.78 Å². The van der Waals surface area contributed by atoms with Crippen LogP contribution < -0.4 is 10.1 Å². The Morgan fingerprint density at radius 2 is 1.73 bits per heavy atom. The molecule has 7 heteroatoms. The van der Waals surface area contributed by atoms with Crippen LogP contribution in [-0.2, 0) is 10.2 Å². The van der Waals surface area contributed by atoms with E-state index in [0.717, 1.165) is 0 Å². The minimum Gasteiger partial charge on any atom is -0.481 e. The van der Waals surface area contributed by atoms with Gasteiger partial charge in [0, 0.05) is 12.1 Å². The fraction of sp³-hybridized carbons (Fsp3) is 0.263. The zero-order valence-corrected chi connectivity index (χ0v) is 14.1. The molecule has 0 aliphatic rings. The van der Waals surface area contributed by atoms with Gasteiger partial charge >= 0.3 is 12.6 Å². The number of benzene rings is 2. The molecule has 0 saturated heterocycles. The topological polar surface area (TPSA) is 75.6 Å².